The topological polar surface area (TPSA) is 79.2 Å². The number of aromatic nitrogens is 1. The van der Waals surface area contributed by atoms with Gasteiger partial charge < -0.3 is 10.1 Å². The van der Waals surface area contributed by atoms with E-state index in [4.69, 9.17) is 22.8 Å². The average Bonchev–Trinajstić information content (AvgIpc) is 2.48. The molecule has 0 amide bonds. The summed E-state index contributed by atoms with van der Waals surface area (Å²) >= 11 is 5.74. The minimum Gasteiger partial charge on any atom is -0.467 e. The Morgan fingerprint density at radius 1 is 1.62 bits per heavy atom. The van der Waals surface area contributed by atoms with Crippen LogP contribution in [0.3, 0.4) is 0 Å². The second-order valence-electron chi connectivity index (χ2n) is 4.02. The molecule has 0 saturated heterocycles. The minimum absolute atomic E-state index is 0.0683. The van der Waals surface area contributed by atoms with E-state index in [1.165, 1.54) is 7.11 Å². The van der Waals surface area contributed by atoms with Crippen molar-refractivity contribution < 1.29 is 4.74 Å². The van der Waals surface area contributed by atoms with Gasteiger partial charge in [-0.2, -0.15) is 0 Å². The lowest BCUT2D eigenvalue weighted by molar-refractivity contribution is 0.297. The molecule has 1 N–H and O–H groups in total. The summed E-state index contributed by atoms with van der Waals surface area (Å²) in [7, 11) is 1.40. The molecule has 112 valence electrons. The van der Waals surface area contributed by atoms with Crippen molar-refractivity contribution in [3.05, 3.63) is 34.0 Å². The lowest BCUT2D eigenvalue weighted by Gasteiger charge is -2.20. The molecule has 8 heteroatoms. The van der Waals surface area contributed by atoms with Crippen LogP contribution in [0.15, 0.2) is 28.7 Å². The highest BCUT2D eigenvalue weighted by Crippen LogP contribution is 2.07. The van der Waals surface area contributed by atoms with Gasteiger partial charge in [-0.1, -0.05) is 28.7 Å². The van der Waals surface area contributed by atoms with Crippen molar-refractivity contribution in [2.45, 2.75) is 6.54 Å². The predicted molar refractivity (Wildman–Crippen MR) is 81.6 cm³/mol. The van der Waals surface area contributed by atoms with Crippen LogP contribution in [-0.2, 0) is 11.3 Å². The van der Waals surface area contributed by atoms with Crippen LogP contribution in [0.2, 0.25) is 5.15 Å². The lowest BCUT2D eigenvalue weighted by atomic mass is 10.2. The van der Waals surface area contributed by atoms with Gasteiger partial charge in [0, 0.05) is 25.8 Å². The Balaban J connectivity index is 2.50. The zero-order chi connectivity index (χ0) is 15.5. The molecule has 1 aromatic rings. The second kappa shape index (κ2) is 9.69. The first-order valence-corrected chi connectivity index (χ1v) is 6.51. The number of methoxy groups -OCH3 is 1. The van der Waals surface area contributed by atoms with Gasteiger partial charge in [0.2, 0.25) is 0 Å². The van der Waals surface area contributed by atoms with E-state index in [1.807, 2.05) is 11.0 Å². The fourth-order valence-corrected chi connectivity index (χ4v) is 1.72. The summed E-state index contributed by atoms with van der Waals surface area (Å²) in [4.78, 5) is 16.1. The number of halogens is 1. The standard InChI is InChI=1S/C13H16ClN5O2/c1-3-7-19(8-6-15-13(21-2)17-18-20)10-11-4-5-12(14)16-9-11/h1,4-5,9H,6-8,10H2,2H3,(H,15,17,20). The summed E-state index contributed by atoms with van der Waals surface area (Å²) in [6, 6.07) is 3.69. The van der Waals surface area contributed by atoms with Gasteiger partial charge in [0.25, 0.3) is 0 Å². The first-order chi connectivity index (χ1) is 10.2. The number of nitrogens with one attached hydrogen (secondary N) is 1. The fraction of sp³-hybridized carbons (Fsp3) is 0.385. The highest BCUT2D eigenvalue weighted by atomic mass is 35.5. The van der Waals surface area contributed by atoms with Gasteiger partial charge in [-0.25, -0.2) is 4.98 Å². The summed E-state index contributed by atoms with van der Waals surface area (Å²) in [5.74, 6) is 2.60. The zero-order valence-electron chi connectivity index (χ0n) is 11.6. The lowest BCUT2D eigenvalue weighted by Crippen LogP contribution is -2.35. The van der Waals surface area contributed by atoms with Crippen molar-refractivity contribution in [1.29, 1.82) is 0 Å². The molecular weight excluding hydrogens is 294 g/mol. The Kier molecular flexibility index (Phi) is 7.79. The number of pyridine rings is 1. The van der Waals surface area contributed by atoms with Crippen LogP contribution < -0.4 is 5.32 Å². The van der Waals surface area contributed by atoms with Crippen LogP contribution in [0, 0.1) is 17.3 Å². The molecule has 1 rings (SSSR count). The Bertz CT molecular complexity index is 512. The first-order valence-electron chi connectivity index (χ1n) is 6.14. The highest BCUT2D eigenvalue weighted by molar-refractivity contribution is 6.29. The maximum Gasteiger partial charge on any atom is 0.311 e. The van der Waals surface area contributed by atoms with Crippen LogP contribution in [0.5, 0.6) is 0 Å². The van der Waals surface area contributed by atoms with Crippen molar-refractivity contribution in [1.82, 2.24) is 15.2 Å². The van der Waals surface area contributed by atoms with Crippen molar-refractivity contribution in [2.75, 3.05) is 26.7 Å². The highest BCUT2D eigenvalue weighted by Gasteiger charge is 2.06. The zero-order valence-corrected chi connectivity index (χ0v) is 12.4. The van der Waals surface area contributed by atoms with Gasteiger partial charge in [-0.15, -0.1) is 11.3 Å². The van der Waals surface area contributed by atoms with E-state index in [2.05, 4.69) is 26.6 Å². The molecule has 0 fully saturated rings. The van der Waals surface area contributed by atoms with Gasteiger partial charge in [0.1, 0.15) is 5.15 Å². The van der Waals surface area contributed by atoms with Crippen molar-refractivity contribution >= 4 is 17.6 Å². The molecule has 0 aliphatic carbocycles. The van der Waals surface area contributed by atoms with Gasteiger partial charge >= 0.3 is 6.02 Å². The molecule has 0 saturated carbocycles. The normalized spacial score (nSPS) is 11.0. The third-order valence-electron chi connectivity index (χ3n) is 2.54. The fourth-order valence-electron chi connectivity index (χ4n) is 1.61. The number of hydrogen-bond donors (Lipinski definition) is 1. The van der Waals surface area contributed by atoms with E-state index < -0.39 is 0 Å². The molecule has 0 radical (unpaired) electrons. The molecule has 0 spiro atoms. The molecule has 1 aromatic heterocycles. The predicted octanol–water partition coefficient (Wildman–Crippen LogP) is 1.44. The Morgan fingerprint density at radius 2 is 2.43 bits per heavy atom. The molecule has 0 bridgehead atoms. The van der Waals surface area contributed by atoms with E-state index in [-0.39, 0.29) is 6.02 Å². The van der Waals surface area contributed by atoms with Gasteiger partial charge in [0.15, 0.2) is 0 Å². The molecule has 0 atom stereocenters. The largest absolute Gasteiger partial charge is 0.467 e. The molecule has 0 aliphatic rings. The Labute approximate surface area is 128 Å². The quantitative estimate of drug-likeness (QED) is 0.206. The minimum atomic E-state index is 0.0683. The molecular formula is C13H16ClN5O2. The van der Waals surface area contributed by atoms with Crippen molar-refractivity contribution in [3.8, 4) is 12.3 Å². The van der Waals surface area contributed by atoms with E-state index in [0.717, 1.165) is 5.56 Å². The van der Waals surface area contributed by atoms with Crippen LogP contribution in [0.4, 0.5) is 0 Å². The SMILES string of the molecule is C#CCN(CCN/C(=N/N=O)OC)Cc1ccc(Cl)nc1. The molecule has 7 nitrogen and oxygen atoms in total. The Morgan fingerprint density at radius 3 is 3.00 bits per heavy atom. The van der Waals surface area contributed by atoms with E-state index >= 15 is 0 Å². The maximum absolute atomic E-state index is 10.0. The third kappa shape index (κ3) is 6.70. The third-order valence-corrected chi connectivity index (χ3v) is 2.76. The number of nitrogens with zero attached hydrogens (tertiary/aromatic N) is 4. The summed E-state index contributed by atoms with van der Waals surface area (Å²) in [6.07, 6.45) is 7.07. The molecule has 21 heavy (non-hydrogen) atoms. The molecule has 0 aromatic carbocycles. The number of amidine groups is 1. The van der Waals surface area contributed by atoms with E-state index in [9.17, 15) is 4.91 Å². The van der Waals surface area contributed by atoms with Gasteiger partial charge in [-0.3, -0.25) is 4.90 Å². The number of terminal acetylenes is 1. The summed E-state index contributed by atoms with van der Waals surface area (Å²) in [5.41, 5.74) is 1.00. The molecule has 0 unspecified atom stereocenters. The van der Waals surface area contributed by atoms with Crippen molar-refractivity contribution in [2.24, 2.45) is 10.4 Å². The number of ether oxygens (including phenoxy) is 1. The van der Waals surface area contributed by atoms with Gasteiger partial charge in [0.05, 0.1) is 18.9 Å². The van der Waals surface area contributed by atoms with E-state index in [0.29, 0.717) is 31.3 Å². The van der Waals surface area contributed by atoms with E-state index in [1.54, 1.807) is 12.3 Å². The monoisotopic (exact) mass is 309 g/mol. The van der Waals surface area contributed by atoms with Crippen LogP contribution in [0.1, 0.15) is 5.56 Å². The van der Waals surface area contributed by atoms with Crippen LogP contribution in [0.25, 0.3) is 0 Å². The summed E-state index contributed by atoms with van der Waals surface area (Å²) in [5, 5.41) is 8.94. The van der Waals surface area contributed by atoms with Crippen LogP contribution >= 0.6 is 11.6 Å². The molecule has 1 heterocycles. The summed E-state index contributed by atoms with van der Waals surface area (Å²) in [6.45, 7) is 2.26. The number of hydrogen-bond acceptors (Lipinski definition) is 5. The van der Waals surface area contributed by atoms with Gasteiger partial charge in [-0.05, 0) is 11.6 Å². The first kappa shape index (κ1) is 16.9. The molecule has 0 aliphatic heterocycles. The van der Waals surface area contributed by atoms with Crippen molar-refractivity contribution in [3.63, 3.8) is 0 Å². The smallest absolute Gasteiger partial charge is 0.311 e. The summed E-state index contributed by atoms with van der Waals surface area (Å²) < 4.78 is 4.83. The van der Waals surface area contributed by atoms with Crippen LogP contribution in [-0.4, -0.2) is 42.6 Å². The number of nitroso groups, excluding NO2 is 1. The number of rotatable bonds is 7. The second-order valence-corrected chi connectivity index (χ2v) is 4.41. The Hall–Kier alpha value is -2.17. The average molecular weight is 310 g/mol. The maximum atomic E-state index is 10.0.